The summed E-state index contributed by atoms with van der Waals surface area (Å²) in [6.07, 6.45) is 6.73. The third-order valence-corrected chi connectivity index (χ3v) is 6.13. The van der Waals surface area contributed by atoms with E-state index in [4.69, 9.17) is 15.1 Å². The minimum absolute atomic E-state index is 0.136. The van der Waals surface area contributed by atoms with Gasteiger partial charge in [-0.25, -0.2) is 0 Å². The Bertz CT molecular complexity index is 1170. The highest BCUT2D eigenvalue weighted by Crippen LogP contribution is 2.36. The van der Waals surface area contributed by atoms with Crippen LogP contribution < -0.4 is 14.8 Å². The maximum Gasteiger partial charge on any atom is 0.325 e. The molecule has 32 heavy (non-hydrogen) atoms. The number of aryl methyl sites for hydroxylation is 1. The SMILES string of the molecule is CCOc1cc2nn([C@H]3CC[C@H](CC#N)CC3)cc2cc1NC(=O)c1cccc(C)[n+]1O. The van der Waals surface area contributed by atoms with Gasteiger partial charge in [0.1, 0.15) is 5.75 Å². The fraction of sp³-hybridized carbons (Fsp3) is 0.417. The Labute approximate surface area is 187 Å². The van der Waals surface area contributed by atoms with Gasteiger partial charge in [0.15, 0.2) is 0 Å². The number of aromatic nitrogens is 3. The van der Waals surface area contributed by atoms with Gasteiger partial charge < -0.3 is 10.1 Å². The Morgan fingerprint density at radius 2 is 2.12 bits per heavy atom. The predicted octanol–water partition coefficient (Wildman–Crippen LogP) is 4.17. The average molecular weight is 435 g/mol. The first kappa shape index (κ1) is 21.6. The van der Waals surface area contributed by atoms with Crippen molar-refractivity contribution in [3.05, 3.63) is 47.9 Å². The topological polar surface area (TPSA) is 104 Å². The number of rotatable bonds is 6. The van der Waals surface area contributed by atoms with Crippen molar-refractivity contribution in [1.29, 1.82) is 5.26 Å². The summed E-state index contributed by atoms with van der Waals surface area (Å²) >= 11 is 0. The molecule has 3 aromatic rings. The van der Waals surface area contributed by atoms with Crippen molar-refractivity contribution in [2.24, 2.45) is 5.92 Å². The average Bonchev–Trinajstić information content (AvgIpc) is 3.19. The number of nitrogens with one attached hydrogen (secondary N) is 1. The van der Waals surface area contributed by atoms with Crippen LogP contribution in [0.2, 0.25) is 0 Å². The summed E-state index contributed by atoms with van der Waals surface area (Å²) in [6.45, 7) is 4.05. The normalized spacial score (nSPS) is 18.3. The van der Waals surface area contributed by atoms with E-state index >= 15 is 0 Å². The van der Waals surface area contributed by atoms with Crippen LogP contribution in [0.3, 0.4) is 0 Å². The van der Waals surface area contributed by atoms with Crippen LogP contribution in [0, 0.1) is 24.2 Å². The molecule has 1 aliphatic carbocycles. The van der Waals surface area contributed by atoms with Crippen molar-refractivity contribution in [3.8, 4) is 11.8 Å². The molecule has 1 aliphatic rings. The van der Waals surface area contributed by atoms with Gasteiger partial charge >= 0.3 is 11.6 Å². The summed E-state index contributed by atoms with van der Waals surface area (Å²) in [7, 11) is 0. The number of hydrogen-bond acceptors (Lipinski definition) is 5. The maximum atomic E-state index is 12.8. The van der Waals surface area contributed by atoms with Crippen molar-refractivity contribution in [2.45, 2.75) is 52.0 Å². The molecule has 2 aromatic heterocycles. The second-order valence-corrected chi connectivity index (χ2v) is 8.30. The third-order valence-electron chi connectivity index (χ3n) is 6.13. The van der Waals surface area contributed by atoms with Crippen LogP contribution in [-0.2, 0) is 0 Å². The van der Waals surface area contributed by atoms with Gasteiger partial charge in [-0.15, -0.1) is 0 Å². The molecule has 0 saturated heterocycles. The summed E-state index contributed by atoms with van der Waals surface area (Å²) in [6, 6.07) is 11.3. The largest absolute Gasteiger partial charge is 0.492 e. The van der Waals surface area contributed by atoms with E-state index in [-0.39, 0.29) is 5.69 Å². The molecule has 1 saturated carbocycles. The Hall–Kier alpha value is -3.60. The van der Waals surface area contributed by atoms with Gasteiger partial charge in [0, 0.05) is 47.9 Å². The predicted molar refractivity (Wildman–Crippen MR) is 119 cm³/mol. The van der Waals surface area contributed by atoms with Crippen molar-refractivity contribution in [2.75, 3.05) is 11.9 Å². The minimum Gasteiger partial charge on any atom is -0.492 e. The van der Waals surface area contributed by atoms with Crippen molar-refractivity contribution < 1.29 is 19.5 Å². The standard InChI is InChI=1S/C24H27N5O3/c1-3-32-23-14-20-18(15-28(27-20)19-9-7-17(8-10-19)11-12-25)13-21(23)26-24(30)22-6-4-5-16(2)29(22)31/h4-6,13-15,17,19H,3,7-11H2,1-2H3,(H-,26,30,31)/p+1/t17-,19-. The van der Waals surface area contributed by atoms with Gasteiger partial charge in [0.25, 0.3) is 0 Å². The summed E-state index contributed by atoms with van der Waals surface area (Å²) < 4.78 is 8.65. The monoisotopic (exact) mass is 434 g/mol. The zero-order chi connectivity index (χ0) is 22.7. The number of ether oxygens (including phenoxy) is 1. The van der Waals surface area contributed by atoms with Gasteiger partial charge in [-0.05, 0) is 50.7 Å². The first-order valence-electron chi connectivity index (χ1n) is 11.0. The molecule has 2 heterocycles. The summed E-state index contributed by atoms with van der Waals surface area (Å²) in [5, 5.41) is 27.7. The lowest BCUT2D eigenvalue weighted by Gasteiger charge is -2.27. The smallest absolute Gasteiger partial charge is 0.325 e. The first-order chi connectivity index (χ1) is 15.5. The number of anilines is 1. The summed E-state index contributed by atoms with van der Waals surface area (Å²) in [5.41, 5.74) is 2.03. The number of pyridine rings is 1. The second kappa shape index (κ2) is 9.27. The highest BCUT2D eigenvalue weighted by Gasteiger charge is 2.25. The molecule has 166 valence electrons. The molecule has 1 amide bonds. The number of nitrogens with zero attached hydrogens (tertiary/aromatic N) is 4. The number of amides is 1. The van der Waals surface area contributed by atoms with E-state index in [9.17, 15) is 10.0 Å². The Morgan fingerprint density at radius 3 is 2.84 bits per heavy atom. The number of carbonyl (C=O) groups excluding carboxylic acids is 1. The lowest BCUT2D eigenvalue weighted by atomic mass is 9.84. The molecule has 1 aromatic carbocycles. The summed E-state index contributed by atoms with van der Waals surface area (Å²) in [4.78, 5) is 12.8. The van der Waals surface area contributed by atoms with E-state index in [1.54, 1.807) is 25.1 Å². The van der Waals surface area contributed by atoms with Crippen LogP contribution in [0.15, 0.2) is 36.5 Å². The number of fused-ring (bicyclic) bond motifs is 1. The van der Waals surface area contributed by atoms with Crippen LogP contribution in [0.5, 0.6) is 5.75 Å². The molecule has 2 N–H and O–H groups in total. The Morgan fingerprint density at radius 1 is 1.34 bits per heavy atom. The van der Waals surface area contributed by atoms with E-state index in [1.165, 1.54) is 0 Å². The highest BCUT2D eigenvalue weighted by molar-refractivity contribution is 6.04. The quantitative estimate of drug-likeness (QED) is 0.448. The Kier molecular flexibility index (Phi) is 6.26. The minimum atomic E-state index is -0.431. The summed E-state index contributed by atoms with van der Waals surface area (Å²) in [5.74, 6) is 0.594. The molecule has 4 rings (SSSR count). The van der Waals surface area contributed by atoms with Gasteiger partial charge in [-0.1, -0.05) is 0 Å². The molecule has 0 radical (unpaired) electrons. The molecule has 8 nitrogen and oxygen atoms in total. The molecule has 0 unspecified atom stereocenters. The third kappa shape index (κ3) is 4.37. The van der Waals surface area contributed by atoms with Crippen LogP contribution in [0.4, 0.5) is 5.69 Å². The van der Waals surface area contributed by atoms with E-state index in [0.717, 1.165) is 41.3 Å². The molecule has 0 aliphatic heterocycles. The van der Waals surface area contributed by atoms with Gasteiger partial charge in [-0.3, -0.25) is 14.7 Å². The maximum absolute atomic E-state index is 12.8. The number of carbonyl (C=O) groups is 1. The molecular weight excluding hydrogens is 406 g/mol. The lowest BCUT2D eigenvalue weighted by Crippen LogP contribution is -2.42. The van der Waals surface area contributed by atoms with Crippen LogP contribution in [0.25, 0.3) is 10.9 Å². The number of nitriles is 1. The van der Waals surface area contributed by atoms with Crippen LogP contribution in [-0.4, -0.2) is 27.5 Å². The molecule has 8 heteroatoms. The van der Waals surface area contributed by atoms with E-state index in [1.807, 2.05) is 29.9 Å². The van der Waals surface area contributed by atoms with Gasteiger partial charge in [0.2, 0.25) is 5.69 Å². The molecule has 0 atom stereocenters. The van der Waals surface area contributed by atoms with Crippen LogP contribution >= 0.6 is 0 Å². The van der Waals surface area contributed by atoms with Gasteiger partial charge in [-0.2, -0.15) is 10.4 Å². The zero-order valence-electron chi connectivity index (χ0n) is 18.4. The van der Waals surface area contributed by atoms with Gasteiger partial charge in [0.05, 0.1) is 29.9 Å². The lowest BCUT2D eigenvalue weighted by molar-refractivity contribution is -0.909. The Balaban J connectivity index is 1.60. The molecule has 0 bridgehead atoms. The fourth-order valence-electron chi connectivity index (χ4n) is 4.34. The van der Waals surface area contributed by atoms with E-state index in [0.29, 0.717) is 42.1 Å². The van der Waals surface area contributed by atoms with Crippen molar-refractivity contribution in [1.82, 2.24) is 9.78 Å². The van der Waals surface area contributed by atoms with Crippen molar-refractivity contribution in [3.63, 3.8) is 0 Å². The molecule has 1 fully saturated rings. The zero-order valence-corrected chi connectivity index (χ0v) is 18.4. The fourth-order valence-corrected chi connectivity index (χ4v) is 4.34. The van der Waals surface area contributed by atoms with E-state index < -0.39 is 5.91 Å². The second-order valence-electron chi connectivity index (χ2n) is 8.30. The number of hydrogen-bond donors (Lipinski definition) is 2. The first-order valence-corrected chi connectivity index (χ1v) is 11.0. The molecule has 0 spiro atoms. The van der Waals surface area contributed by atoms with Crippen LogP contribution in [0.1, 0.15) is 61.3 Å². The molecular formula is C24H28N5O3+. The highest BCUT2D eigenvalue weighted by atomic mass is 16.5. The van der Waals surface area contributed by atoms with E-state index in [2.05, 4.69) is 11.4 Å². The van der Waals surface area contributed by atoms with Crippen molar-refractivity contribution >= 4 is 22.5 Å². The number of benzene rings is 1.